The van der Waals surface area contributed by atoms with Gasteiger partial charge in [0.2, 0.25) is 6.33 Å². The molecule has 112 valence electrons. The summed E-state index contributed by atoms with van der Waals surface area (Å²) < 4.78 is 5.68. The van der Waals surface area contributed by atoms with Crippen molar-refractivity contribution in [2.45, 2.75) is 6.54 Å². The van der Waals surface area contributed by atoms with Crippen molar-refractivity contribution in [1.29, 1.82) is 0 Å². The van der Waals surface area contributed by atoms with Crippen LogP contribution in [0.4, 0.5) is 0 Å². The van der Waals surface area contributed by atoms with E-state index in [0.717, 1.165) is 11.0 Å². The first kappa shape index (κ1) is 14.2. The average molecular weight is 364 g/mol. The van der Waals surface area contributed by atoms with Crippen LogP contribution in [-0.4, -0.2) is 4.57 Å². The van der Waals surface area contributed by atoms with E-state index in [-0.39, 0.29) is 0 Å². The fraction of sp³-hybridized carbons (Fsp3) is 0.0500. The molecule has 0 amide bonds. The van der Waals surface area contributed by atoms with E-state index in [1.54, 1.807) is 0 Å². The number of imidazole rings is 1. The van der Waals surface area contributed by atoms with Crippen molar-refractivity contribution in [3.8, 4) is 5.69 Å². The first-order chi connectivity index (χ1) is 11.3. The molecule has 0 aliphatic carbocycles. The van der Waals surface area contributed by atoms with E-state index >= 15 is 0 Å². The Morgan fingerprint density at radius 1 is 0.783 bits per heavy atom. The van der Waals surface area contributed by atoms with Crippen molar-refractivity contribution in [2.24, 2.45) is 0 Å². The van der Waals surface area contributed by atoms with Gasteiger partial charge in [-0.25, -0.2) is 4.57 Å². The van der Waals surface area contributed by atoms with Gasteiger partial charge in [0.25, 0.3) is 0 Å². The van der Waals surface area contributed by atoms with Crippen LogP contribution in [0.1, 0.15) is 5.56 Å². The molecule has 23 heavy (non-hydrogen) atoms. The van der Waals surface area contributed by atoms with Gasteiger partial charge in [0.05, 0.1) is 0 Å². The summed E-state index contributed by atoms with van der Waals surface area (Å²) in [6, 6.07) is 27.4. The Bertz CT molecular complexity index is 958. The van der Waals surface area contributed by atoms with Crippen LogP contribution in [0.2, 0.25) is 0 Å². The van der Waals surface area contributed by atoms with Gasteiger partial charge in [-0.1, -0.05) is 64.5 Å². The van der Waals surface area contributed by atoms with Gasteiger partial charge in [-0.2, -0.15) is 4.57 Å². The van der Waals surface area contributed by atoms with Gasteiger partial charge in [-0.15, -0.1) is 0 Å². The van der Waals surface area contributed by atoms with Gasteiger partial charge in [-0.05, 0) is 30.3 Å². The summed E-state index contributed by atoms with van der Waals surface area (Å²) in [4.78, 5) is 0. The highest BCUT2D eigenvalue weighted by molar-refractivity contribution is 9.10. The first-order valence-electron chi connectivity index (χ1n) is 7.61. The minimum absolute atomic E-state index is 0.835. The number of para-hydroxylation sites is 3. The summed E-state index contributed by atoms with van der Waals surface area (Å²) >= 11 is 3.65. The lowest BCUT2D eigenvalue weighted by molar-refractivity contribution is -0.663. The number of fused-ring (bicyclic) bond motifs is 1. The molecule has 3 aromatic carbocycles. The molecule has 3 heteroatoms. The molecule has 0 bridgehead atoms. The Morgan fingerprint density at radius 2 is 1.48 bits per heavy atom. The van der Waals surface area contributed by atoms with Crippen molar-refractivity contribution < 1.29 is 4.57 Å². The molecule has 0 spiro atoms. The van der Waals surface area contributed by atoms with E-state index in [0.29, 0.717) is 0 Å². The molecule has 4 aromatic rings. The van der Waals surface area contributed by atoms with Gasteiger partial charge in [0.15, 0.2) is 11.0 Å². The van der Waals surface area contributed by atoms with E-state index in [9.17, 15) is 0 Å². The van der Waals surface area contributed by atoms with Gasteiger partial charge in [-0.3, -0.25) is 0 Å². The SMILES string of the molecule is Brc1ccccc1C[n+]1cn(-c2ccccc2)c2ccccc21. The third-order valence-electron chi connectivity index (χ3n) is 4.04. The second-order valence-electron chi connectivity index (χ2n) is 5.53. The minimum Gasteiger partial charge on any atom is -0.225 e. The monoisotopic (exact) mass is 363 g/mol. The van der Waals surface area contributed by atoms with E-state index < -0.39 is 0 Å². The lowest BCUT2D eigenvalue weighted by Gasteiger charge is -2.01. The molecule has 0 fully saturated rings. The molecular weight excluding hydrogens is 348 g/mol. The number of hydrogen-bond acceptors (Lipinski definition) is 0. The van der Waals surface area contributed by atoms with Crippen molar-refractivity contribution >= 4 is 27.0 Å². The van der Waals surface area contributed by atoms with Crippen LogP contribution in [0.5, 0.6) is 0 Å². The Kier molecular flexibility index (Phi) is 3.72. The maximum Gasteiger partial charge on any atom is 0.250 e. The highest BCUT2D eigenvalue weighted by Gasteiger charge is 2.17. The molecule has 1 aromatic heterocycles. The normalized spacial score (nSPS) is 11.0. The van der Waals surface area contributed by atoms with Gasteiger partial charge in [0.1, 0.15) is 12.2 Å². The third-order valence-corrected chi connectivity index (χ3v) is 4.81. The summed E-state index contributed by atoms with van der Waals surface area (Å²) in [7, 11) is 0. The van der Waals surface area contributed by atoms with Crippen LogP contribution in [0.25, 0.3) is 16.7 Å². The number of hydrogen-bond donors (Lipinski definition) is 0. The molecule has 0 saturated carbocycles. The third kappa shape index (κ3) is 2.68. The lowest BCUT2D eigenvalue weighted by Crippen LogP contribution is -2.32. The second kappa shape index (κ2) is 6.01. The Balaban J connectivity index is 1.87. The maximum atomic E-state index is 3.65. The molecule has 0 aliphatic heterocycles. The second-order valence-corrected chi connectivity index (χ2v) is 6.38. The number of benzene rings is 3. The molecule has 0 unspecified atom stereocenters. The van der Waals surface area contributed by atoms with Gasteiger partial charge < -0.3 is 0 Å². The number of rotatable bonds is 3. The zero-order chi connectivity index (χ0) is 15.6. The molecule has 0 aliphatic rings. The van der Waals surface area contributed by atoms with E-state index in [1.165, 1.54) is 22.3 Å². The van der Waals surface area contributed by atoms with Crippen LogP contribution in [0, 0.1) is 0 Å². The van der Waals surface area contributed by atoms with Crippen molar-refractivity contribution in [3.63, 3.8) is 0 Å². The zero-order valence-corrected chi connectivity index (χ0v) is 14.1. The van der Waals surface area contributed by atoms with Gasteiger partial charge in [0, 0.05) is 10.0 Å². The molecule has 4 rings (SSSR count). The van der Waals surface area contributed by atoms with Crippen LogP contribution >= 0.6 is 15.9 Å². The number of halogens is 1. The van der Waals surface area contributed by atoms with Crippen LogP contribution < -0.4 is 4.57 Å². The smallest absolute Gasteiger partial charge is 0.225 e. The van der Waals surface area contributed by atoms with Crippen LogP contribution in [-0.2, 0) is 6.54 Å². The highest BCUT2D eigenvalue weighted by atomic mass is 79.9. The first-order valence-corrected chi connectivity index (χ1v) is 8.40. The molecule has 0 radical (unpaired) electrons. The quantitative estimate of drug-likeness (QED) is 0.465. The van der Waals surface area contributed by atoms with Gasteiger partial charge >= 0.3 is 0 Å². The maximum absolute atomic E-state index is 3.65. The van der Waals surface area contributed by atoms with Crippen LogP contribution in [0.3, 0.4) is 0 Å². The summed E-state index contributed by atoms with van der Waals surface area (Å²) in [5.74, 6) is 0. The van der Waals surface area contributed by atoms with Crippen LogP contribution in [0.15, 0.2) is 89.7 Å². The molecular formula is C20H16BrN2+. The summed E-state index contributed by atoms with van der Waals surface area (Å²) in [5.41, 5.74) is 4.89. The fourth-order valence-electron chi connectivity index (χ4n) is 2.91. The van der Waals surface area contributed by atoms with Crippen molar-refractivity contribution in [2.75, 3.05) is 0 Å². The molecule has 2 nitrogen and oxygen atoms in total. The minimum atomic E-state index is 0.835. The highest BCUT2D eigenvalue weighted by Crippen LogP contribution is 2.19. The predicted molar refractivity (Wildman–Crippen MR) is 96.7 cm³/mol. The summed E-state index contributed by atoms with van der Waals surface area (Å²) in [6.07, 6.45) is 2.18. The predicted octanol–water partition coefficient (Wildman–Crippen LogP) is 4.73. The lowest BCUT2D eigenvalue weighted by atomic mass is 10.2. The molecule has 0 saturated heterocycles. The van der Waals surface area contributed by atoms with Crippen molar-refractivity contribution in [3.05, 3.63) is 95.2 Å². The number of aromatic nitrogens is 2. The largest absolute Gasteiger partial charge is 0.250 e. The van der Waals surface area contributed by atoms with E-state index in [4.69, 9.17) is 0 Å². The summed E-state index contributed by atoms with van der Waals surface area (Å²) in [6.45, 7) is 0.835. The Hall–Kier alpha value is -2.39. The fourth-order valence-corrected chi connectivity index (χ4v) is 3.32. The Labute approximate surface area is 143 Å². The standard InChI is InChI=1S/C20H16BrN2/c21-18-11-5-4-8-16(18)14-22-15-23(17-9-2-1-3-10-17)20-13-7-6-12-19(20)22/h1-13,15H,14H2/q+1. The topological polar surface area (TPSA) is 8.81 Å². The molecule has 1 heterocycles. The summed E-state index contributed by atoms with van der Waals surface area (Å²) in [5, 5.41) is 0. The zero-order valence-electron chi connectivity index (χ0n) is 12.6. The van der Waals surface area contributed by atoms with E-state index in [2.05, 4.69) is 98.1 Å². The van der Waals surface area contributed by atoms with E-state index in [1.807, 2.05) is 12.1 Å². The molecule has 0 N–H and O–H groups in total. The Morgan fingerprint density at radius 3 is 2.30 bits per heavy atom. The average Bonchev–Trinajstić information content (AvgIpc) is 2.97. The molecule has 0 atom stereocenters. The van der Waals surface area contributed by atoms with Crippen molar-refractivity contribution in [1.82, 2.24) is 4.57 Å². The number of nitrogens with zero attached hydrogens (tertiary/aromatic N) is 2.